The SMILES string of the molecule is CCOc1cc2c(cc1NC(C)C(=O)Nc1ccc(C)cc1Br)OC(C)C2. The number of ether oxygens (including phenoxy) is 2. The average Bonchev–Trinajstić information content (AvgIpc) is 2.96. The van der Waals surface area contributed by atoms with E-state index in [0.717, 1.165) is 44.9 Å². The largest absolute Gasteiger partial charge is 0.492 e. The van der Waals surface area contributed by atoms with Crippen LogP contribution in [-0.4, -0.2) is 24.7 Å². The van der Waals surface area contributed by atoms with E-state index in [1.165, 1.54) is 0 Å². The Hall–Kier alpha value is -2.21. The second-order valence-electron chi connectivity index (χ2n) is 6.86. The van der Waals surface area contributed by atoms with Gasteiger partial charge >= 0.3 is 0 Å². The molecule has 0 spiro atoms. The average molecular weight is 433 g/mol. The normalized spacial score (nSPS) is 16.3. The van der Waals surface area contributed by atoms with Crippen LogP contribution in [0.1, 0.15) is 31.9 Å². The molecule has 0 aromatic heterocycles. The first-order chi connectivity index (χ1) is 12.9. The van der Waals surface area contributed by atoms with Crippen LogP contribution < -0.4 is 20.1 Å². The van der Waals surface area contributed by atoms with Crippen molar-refractivity contribution < 1.29 is 14.3 Å². The summed E-state index contributed by atoms with van der Waals surface area (Å²) >= 11 is 3.49. The summed E-state index contributed by atoms with van der Waals surface area (Å²) in [5, 5.41) is 6.21. The zero-order valence-corrected chi connectivity index (χ0v) is 17.6. The van der Waals surface area contributed by atoms with Crippen molar-refractivity contribution >= 4 is 33.2 Å². The minimum atomic E-state index is -0.450. The highest BCUT2D eigenvalue weighted by molar-refractivity contribution is 9.10. The van der Waals surface area contributed by atoms with Crippen LogP contribution in [0.2, 0.25) is 0 Å². The van der Waals surface area contributed by atoms with Crippen molar-refractivity contribution in [3.05, 3.63) is 45.9 Å². The summed E-state index contributed by atoms with van der Waals surface area (Å²) in [4.78, 5) is 12.6. The lowest BCUT2D eigenvalue weighted by atomic mass is 10.1. The lowest BCUT2D eigenvalue weighted by Gasteiger charge is -2.19. The number of hydrogen-bond donors (Lipinski definition) is 2. The summed E-state index contributed by atoms with van der Waals surface area (Å²) in [7, 11) is 0. The van der Waals surface area contributed by atoms with Gasteiger partial charge in [0.15, 0.2) is 0 Å². The van der Waals surface area contributed by atoms with Crippen molar-refractivity contribution in [1.29, 1.82) is 0 Å². The molecule has 2 aromatic rings. The lowest BCUT2D eigenvalue weighted by molar-refractivity contribution is -0.116. The minimum Gasteiger partial charge on any atom is -0.492 e. The van der Waals surface area contributed by atoms with E-state index < -0.39 is 6.04 Å². The zero-order valence-electron chi connectivity index (χ0n) is 16.1. The summed E-state index contributed by atoms with van der Waals surface area (Å²) in [5.74, 6) is 1.46. The molecule has 27 heavy (non-hydrogen) atoms. The number of amides is 1. The summed E-state index contributed by atoms with van der Waals surface area (Å²) < 4.78 is 12.5. The van der Waals surface area contributed by atoms with E-state index in [4.69, 9.17) is 9.47 Å². The number of hydrogen-bond acceptors (Lipinski definition) is 4. The number of fused-ring (bicyclic) bond motifs is 1. The van der Waals surface area contributed by atoms with Gasteiger partial charge in [-0.3, -0.25) is 4.79 Å². The van der Waals surface area contributed by atoms with Crippen LogP contribution in [0.5, 0.6) is 11.5 Å². The summed E-state index contributed by atoms with van der Waals surface area (Å²) in [5.41, 5.74) is 3.77. The van der Waals surface area contributed by atoms with Gasteiger partial charge in [-0.05, 0) is 67.4 Å². The Kier molecular flexibility index (Phi) is 5.95. The standard InChI is InChI=1S/C21H25BrN2O3/c1-5-26-20-10-15-9-13(3)27-19(15)11-18(20)23-14(4)21(25)24-17-7-6-12(2)8-16(17)22/h6-8,10-11,13-14,23H,5,9H2,1-4H3,(H,24,25). The van der Waals surface area contributed by atoms with Gasteiger partial charge in [-0.15, -0.1) is 0 Å². The fourth-order valence-corrected chi connectivity index (χ4v) is 3.68. The Morgan fingerprint density at radius 3 is 2.81 bits per heavy atom. The summed E-state index contributed by atoms with van der Waals surface area (Å²) in [6, 6.07) is 9.31. The smallest absolute Gasteiger partial charge is 0.246 e. The van der Waals surface area contributed by atoms with E-state index in [0.29, 0.717) is 6.61 Å². The van der Waals surface area contributed by atoms with E-state index in [1.54, 1.807) is 0 Å². The molecule has 2 unspecified atom stereocenters. The van der Waals surface area contributed by atoms with Gasteiger partial charge in [-0.2, -0.15) is 0 Å². The van der Waals surface area contributed by atoms with E-state index >= 15 is 0 Å². The van der Waals surface area contributed by atoms with Crippen LogP contribution in [0, 0.1) is 6.92 Å². The second-order valence-corrected chi connectivity index (χ2v) is 7.71. The van der Waals surface area contributed by atoms with Gasteiger partial charge < -0.3 is 20.1 Å². The van der Waals surface area contributed by atoms with E-state index in [9.17, 15) is 4.79 Å². The van der Waals surface area contributed by atoms with Gasteiger partial charge in [0, 0.05) is 22.5 Å². The molecule has 0 bridgehead atoms. The van der Waals surface area contributed by atoms with Crippen molar-refractivity contribution in [2.45, 2.75) is 46.3 Å². The molecule has 5 nitrogen and oxygen atoms in total. The van der Waals surface area contributed by atoms with E-state index in [1.807, 2.05) is 58.0 Å². The first-order valence-corrected chi connectivity index (χ1v) is 9.96. The number of carbonyl (C=O) groups excluding carboxylic acids is 1. The third-order valence-electron chi connectivity index (χ3n) is 4.45. The molecule has 0 radical (unpaired) electrons. The Bertz CT molecular complexity index is 854. The van der Waals surface area contributed by atoms with Gasteiger partial charge in [0.1, 0.15) is 23.6 Å². The van der Waals surface area contributed by atoms with Crippen molar-refractivity contribution in [3.63, 3.8) is 0 Å². The third-order valence-corrected chi connectivity index (χ3v) is 5.10. The predicted octanol–water partition coefficient (Wildman–Crippen LogP) is 4.92. The molecule has 0 fully saturated rings. The molecule has 2 atom stereocenters. The van der Waals surface area contributed by atoms with Gasteiger partial charge in [0.05, 0.1) is 18.0 Å². The maximum absolute atomic E-state index is 12.6. The zero-order chi connectivity index (χ0) is 19.6. The number of anilines is 2. The molecule has 1 aliphatic heterocycles. The van der Waals surface area contributed by atoms with E-state index in [2.05, 4.69) is 26.6 Å². The number of aryl methyl sites for hydroxylation is 1. The summed E-state index contributed by atoms with van der Waals surface area (Å²) in [6.45, 7) is 8.38. The molecule has 2 N–H and O–H groups in total. The Morgan fingerprint density at radius 1 is 1.33 bits per heavy atom. The number of nitrogens with one attached hydrogen (secondary N) is 2. The number of rotatable bonds is 6. The molecule has 2 aromatic carbocycles. The van der Waals surface area contributed by atoms with Crippen LogP contribution in [0.3, 0.4) is 0 Å². The van der Waals surface area contributed by atoms with Crippen LogP contribution >= 0.6 is 15.9 Å². The minimum absolute atomic E-state index is 0.128. The fourth-order valence-electron chi connectivity index (χ4n) is 3.09. The number of carbonyl (C=O) groups is 1. The van der Waals surface area contributed by atoms with Gasteiger partial charge in [-0.1, -0.05) is 6.07 Å². The highest BCUT2D eigenvalue weighted by Crippen LogP contribution is 2.38. The Balaban J connectivity index is 1.75. The van der Waals surface area contributed by atoms with Crippen LogP contribution in [-0.2, 0) is 11.2 Å². The molecule has 1 aliphatic rings. The predicted molar refractivity (Wildman–Crippen MR) is 112 cm³/mol. The molecule has 1 amide bonds. The highest BCUT2D eigenvalue weighted by Gasteiger charge is 2.23. The van der Waals surface area contributed by atoms with Crippen LogP contribution in [0.4, 0.5) is 11.4 Å². The molecule has 0 saturated heterocycles. The van der Waals surface area contributed by atoms with Crippen molar-refractivity contribution in [3.8, 4) is 11.5 Å². The van der Waals surface area contributed by atoms with Crippen LogP contribution in [0.25, 0.3) is 0 Å². The molecule has 0 aliphatic carbocycles. The number of benzene rings is 2. The third kappa shape index (κ3) is 4.56. The first-order valence-electron chi connectivity index (χ1n) is 9.17. The monoisotopic (exact) mass is 432 g/mol. The highest BCUT2D eigenvalue weighted by atomic mass is 79.9. The summed E-state index contributed by atoms with van der Waals surface area (Å²) in [6.07, 6.45) is 1.03. The van der Waals surface area contributed by atoms with Gasteiger partial charge in [-0.25, -0.2) is 0 Å². The Morgan fingerprint density at radius 2 is 2.11 bits per heavy atom. The molecule has 1 heterocycles. The maximum atomic E-state index is 12.6. The van der Waals surface area contributed by atoms with Crippen molar-refractivity contribution in [2.24, 2.45) is 0 Å². The second kappa shape index (κ2) is 8.21. The lowest BCUT2D eigenvalue weighted by Crippen LogP contribution is -2.32. The molecule has 0 saturated carbocycles. The van der Waals surface area contributed by atoms with Gasteiger partial charge in [0.25, 0.3) is 0 Å². The van der Waals surface area contributed by atoms with Crippen molar-refractivity contribution in [1.82, 2.24) is 0 Å². The fraction of sp³-hybridized carbons (Fsp3) is 0.381. The molecule has 144 valence electrons. The van der Waals surface area contributed by atoms with Crippen LogP contribution in [0.15, 0.2) is 34.8 Å². The Labute approximate surface area is 168 Å². The van der Waals surface area contributed by atoms with E-state index in [-0.39, 0.29) is 12.0 Å². The maximum Gasteiger partial charge on any atom is 0.246 e. The van der Waals surface area contributed by atoms with Gasteiger partial charge in [0.2, 0.25) is 5.91 Å². The topological polar surface area (TPSA) is 59.6 Å². The molecule has 6 heteroatoms. The molecular weight excluding hydrogens is 408 g/mol. The first kappa shape index (κ1) is 19.5. The quantitative estimate of drug-likeness (QED) is 0.679. The molecular formula is C21H25BrN2O3. The molecule has 3 rings (SSSR count). The number of halogens is 1. The van der Waals surface area contributed by atoms with Crippen molar-refractivity contribution in [2.75, 3.05) is 17.2 Å².